The molecule has 0 atom stereocenters. The van der Waals surface area contributed by atoms with Gasteiger partial charge in [-0.3, -0.25) is 0 Å². The van der Waals surface area contributed by atoms with E-state index in [-0.39, 0.29) is 0 Å². The maximum absolute atomic E-state index is 11.1. The third kappa shape index (κ3) is 9.45. The van der Waals surface area contributed by atoms with Gasteiger partial charge in [-0.05, 0) is 6.42 Å². The van der Waals surface area contributed by atoms with Crippen molar-refractivity contribution in [1.82, 2.24) is 0 Å². The molecule has 0 unspecified atom stereocenters. The lowest BCUT2D eigenvalue weighted by Crippen LogP contribution is -2.20. The second-order valence-corrected chi connectivity index (χ2v) is 10.3. The summed E-state index contributed by atoms with van der Waals surface area (Å²) in [6.45, 7) is 7.22. The van der Waals surface area contributed by atoms with E-state index in [2.05, 4.69) is 24.4 Å². The molecule has 0 bridgehead atoms. The second kappa shape index (κ2) is 7.22. The molecule has 16 heavy (non-hydrogen) atoms. The van der Waals surface area contributed by atoms with Crippen molar-refractivity contribution in [1.29, 1.82) is 0 Å². The molecule has 0 aliphatic rings. The molecule has 4 nitrogen and oxygen atoms in total. The van der Waals surface area contributed by atoms with E-state index < -0.39 is 20.0 Å². The fourth-order valence-electron chi connectivity index (χ4n) is 1.03. The highest BCUT2D eigenvalue weighted by molar-refractivity contribution is 6.76. The zero-order valence-electron chi connectivity index (χ0n) is 10.4. The number of carbonyl (C=O) groups excluding carboxylic acids is 2. The third-order valence-electron chi connectivity index (χ3n) is 1.87. The predicted molar refractivity (Wildman–Crippen MR) is 64.9 cm³/mol. The van der Waals surface area contributed by atoms with E-state index in [9.17, 15) is 9.59 Å². The number of hydrogen-bond donors (Lipinski definition) is 0. The summed E-state index contributed by atoms with van der Waals surface area (Å²) in [4.78, 5) is 21.7. The van der Waals surface area contributed by atoms with Gasteiger partial charge in [-0.25, -0.2) is 9.59 Å². The van der Waals surface area contributed by atoms with Crippen LogP contribution in [0.4, 0.5) is 0 Å². The number of carbonyl (C=O) groups is 2. The first-order valence-electron chi connectivity index (χ1n) is 5.28. The number of rotatable bonds is 6. The van der Waals surface area contributed by atoms with Crippen molar-refractivity contribution in [2.45, 2.75) is 32.1 Å². The fourth-order valence-corrected chi connectivity index (χ4v) is 2.23. The monoisotopic (exact) mass is 244 g/mol. The van der Waals surface area contributed by atoms with Crippen LogP contribution in [0.1, 0.15) is 6.42 Å². The molecule has 0 aromatic heterocycles. The lowest BCUT2D eigenvalue weighted by molar-refractivity contribution is -0.139. The molecule has 0 aliphatic carbocycles. The molecule has 0 fully saturated rings. The van der Waals surface area contributed by atoms with Crippen molar-refractivity contribution >= 4 is 20.0 Å². The van der Waals surface area contributed by atoms with Gasteiger partial charge in [-0.2, -0.15) is 0 Å². The van der Waals surface area contributed by atoms with Crippen molar-refractivity contribution in [2.24, 2.45) is 0 Å². The van der Waals surface area contributed by atoms with Gasteiger partial charge in [0.05, 0.1) is 13.7 Å². The molecule has 0 aliphatic heterocycles. The van der Waals surface area contributed by atoms with Crippen molar-refractivity contribution in [3.63, 3.8) is 0 Å². The molecule has 0 saturated heterocycles. The van der Waals surface area contributed by atoms with Crippen LogP contribution in [0.3, 0.4) is 0 Å². The first-order valence-corrected chi connectivity index (χ1v) is 8.98. The summed E-state index contributed by atoms with van der Waals surface area (Å²) in [6.07, 6.45) is 3.02. The predicted octanol–water partition coefficient (Wildman–Crippen LogP) is 1.99. The third-order valence-corrected chi connectivity index (χ3v) is 3.73. The van der Waals surface area contributed by atoms with E-state index in [0.29, 0.717) is 6.61 Å². The minimum atomic E-state index is -1.05. The first kappa shape index (κ1) is 14.9. The van der Waals surface area contributed by atoms with Crippen molar-refractivity contribution in [2.75, 3.05) is 13.7 Å². The molecular formula is C11H20O4Si. The van der Waals surface area contributed by atoms with Gasteiger partial charge in [0.1, 0.15) is 0 Å². The summed E-state index contributed by atoms with van der Waals surface area (Å²) in [5, 5.41) is 0. The lowest BCUT2D eigenvalue weighted by atomic mass is 10.5. The highest BCUT2D eigenvalue weighted by Gasteiger charge is 2.12. The maximum Gasteiger partial charge on any atom is 0.331 e. The standard InChI is InChI=1S/C11H20O4Si/c1-14-10(12)6-7-11(13)15-8-5-9-16(2,3)4/h6-7H,5,8-9H2,1-4H3. The Morgan fingerprint density at radius 3 is 2.19 bits per heavy atom. The molecule has 92 valence electrons. The Kier molecular flexibility index (Phi) is 6.72. The molecule has 0 saturated carbocycles. The Labute approximate surface area is 97.6 Å². The Morgan fingerprint density at radius 1 is 1.12 bits per heavy atom. The lowest BCUT2D eigenvalue weighted by Gasteiger charge is -2.14. The van der Waals surface area contributed by atoms with Crippen LogP contribution in [-0.4, -0.2) is 33.7 Å². The Bertz CT molecular complexity index is 266. The zero-order valence-corrected chi connectivity index (χ0v) is 11.4. The Balaban J connectivity index is 3.67. The normalized spacial score (nSPS) is 11.5. The Hall–Kier alpha value is -1.10. The summed E-state index contributed by atoms with van der Waals surface area (Å²) in [5.41, 5.74) is 0. The van der Waals surface area contributed by atoms with E-state index >= 15 is 0 Å². The van der Waals surface area contributed by atoms with E-state index in [0.717, 1.165) is 24.6 Å². The summed E-state index contributed by atoms with van der Waals surface area (Å²) >= 11 is 0. The molecule has 0 aromatic carbocycles. The van der Waals surface area contributed by atoms with E-state index in [4.69, 9.17) is 4.74 Å². The highest BCUT2D eigenvalue weighted by Crippen LogP contribution is 2.10. The van der Waals surface area contributed by atoms with E-state index in [1.165, 1.54) is 7.11 Å². The Morgan fingerprint density at radius 2 is 1.69 bits per heavy atom. The number of esters is 2. The van der Waals surface area contributed by atoms with Crippen molar-refractivity contribution < 1.29 is 19.1 Å². The number of hydrogen-bond acceptors (Lipinski definition) is 4. The van der Waals surface area contributed by atoms with Crippen molar-refractivity contribution in [3.8, 4) is 0 Å². The van der Waals surface area contributed by atoms with Gasteiger partial charge in [0.2, 0.25) is 0 Å². The molecule has 0 spiro atoms. The SMILES string of the molecule is COC(=O)C=CC(=O)OCCC[Si](C)(C)C. The van der Waals surface area contributed by atoms with E-state index in [1.807, 2.05) is 0 Å². The molecule has 0 N–H and O–H groups in total. The highest BCUT2D eigenvalue weighted by atomic mass is 28.3. The quantitative estimate of drug-likeness (QED) is 0.310. The summed E-state index contributed by atoms with van der Waals surface area (Å²) < 4.78 is 9.26. The topological polar surface area (TPSA) is 52.6 Å². The van der Waals surface area contributed by atoms with Crippen LogP contribution in [-0.2, 0) is 19.1 Å². The van der Waals surface area contributed by atoms with Crippen LogP contribution in [0.15, 0.2) is 12.2 Å². The first-order chi connectivity index (χ1) is 7.35. The van der Waals surface area contributed by atoms with Crippen LogP contribution >= 0.6 is 0 Å². The van der Waals surface area contributed by atoms with Crippen LogP contribution < -0.4 is 0 Å². The van der Waals surface area contributed by atoms with Crippen LogP contribution in [0, 0.1) is 0 Å². The molecule has 0 aromatic rings. The number of ether oxygens (including phenoxy) is 2. The summed E-state index contributed by atoms with van der Waals surface area (Å²) in [5.74, 6) is -1.06. The average molecular weight is 244 g/mol. The molecule has 0 radical (unpaired) electrons. The van der Waals surface area contributed by atoms with E-state index in [1.54, 1.807) is 0 Å². The minimum Gasteiger partial charge on any atom is -0.466 e. The fraction of sp³-hybridized carbons (Fsp3) is 0.636. The second-order valence-electron chi connectivity index (χ2n) is 4.69. The molecule has 5 heteroatoms. The van der Waals surface area contributed by atoms with Gasteiger partial charge >= 0.3 is 11.9 Å². The van der Waals surface area contributed by atoms with Gasteiger partial charge in [-0.15, -0.1) is 0 Å². The van der Waals surface area contributed by atoms with Crippen molar-refractivity contribution in [3.05, 3.63) is 12.2 Å². The number of methoxy groups -OCH3 is 1. The zero-order chi connectivity index (χ0) is 12.6. The summed E-state index contributed by atoms with van der Waals surface area (Å²) in [6, 6.07) is 1.13. The van der Waals surface area contributed by atoms with Crippen LogP contribution in [0.2, 0.25) is 25.7 Å². The average Bonchev–Trinajstić information content (AvgIpc) is 2.19. The summed E-state index contributed by atoms with van der Waals surface area (Å²) in [7, 11) is 0.201. The smallest absolute Gasteiger partial charge is 0.331 e. The van der Waals surface area contributed by atoms with Gasteiger partial charge in [0.15, 0.2) is 0 Å². The largest absolute Gasteiger partial charge is 0.466 e. The molecule has 0 amide bonds. The minimum absolute atomic E-state index is 0.411. The molecule has 0 heterocycles. The molecular weight excluding hydrogens is 224 g/mol. The van der Waals surface area contributed by atoms with Gasteiger partial charge in [-0.1, -0.05) is 25.7 Å². The molecule has 0 rings (SSSR count). The van der Waals surface area contributed by atoms with Gasteiger partial charge in [0, 0.05) is 20.2 Å². The van der Waals surface area contributed by atoms with Crippen LogP contribution in [0.5, 0.6) is 0 Å². The maximum atomic E-state index is 11.1. The van der Waals surface area contributed by atoms with Gasteiger partial charge in [0.25, 0.3) is 0 Å². The van der Waals surface area contributed by atoms with Crippen LogP contribution in [0.25, 0.3) is 0 Å². The van der Waals surface area contributed by atoms with Gasteiger partial charge < -0.3 is 9.47 Å².